The first kappa shape index (κ1) is 22.4. The number of rotatable bonds is 15. The molecule has 5 nitrogen and oxygen atoms in total. The molecule has 0 radical (unpaired) electrons. The Morgan fingerprint density at radius 2 is 1.35 bits per heavy atom. The highest BCUT2D eigenvalue weighted by atomic mass is 16.5. The topological polar surface area (TPSA) is 63.7 Å². The second-order valence-electron chi connectivity index (χ2n) is 7.03. The van der Waals surface area contributed by atoms with Gasteiger partial charge in [-0.25, -0.2) is 4.79 Å². The fraction of sp³-hybridized carbons (Fsp3) is 0.762. The van der Waals surface area contributed by atoms with Crippen LogP contribution in [0.5, 0.6) is 0 Å². The molecule has 0 saturated heterocycles. The lowest BCUT2D eigenvalue weighted by Gasteiger charge is -2.24. The van der Waals surface area contributed by atoms with Crippen molar-refractivity contribution in [2.75, 3.05) is 6.61 Å². The molecule has 0 bridgehead atoms. The molecule has 0 aromatic carbocycles. The van der Waals surface area contributed by atoms with Gasteiger partial charge in [0.15, 0.2) is 0 Å². The maximum absolute atomic E-state index is 12.5. The Balaban J connectivity index is 2.45. The van der Waals surface area contributed by atoms with E-state index in [2.05, 4.69) is 13.8 Å². The highest BCUT2D eigenvalue weighted by Gasteiger charge is 2.36. The third-order valence-electron chi connectivity index (χ3n) is 4.75. The van der Waals surface area contributed by atoms with E-state index in [0.717, 1.165) is 49.8 Å². The monoisotopic (exact) mass is 365 g/mol. The van der Waals surface area contributed by atoms with E-state index in [1.165, 1.54) is 37.8 Å². The van der Waals surface area contributed by atoms with Crippen LogP contribution in [0.25, 0.3) is 0 Å². The molecule has 1 atom stereocenters. The van der Waals surface area contributed by atoms with E-state index in [0.29, 0.717) is 13.0 Å². The number of hydrogen-bond acceptors (Lipinski definition) is 4. The third kappa shape index (κ3) is 8.15. The molecule has 5 heteroatoms. The summed E-state index contributed by atoms with van der Waals surface area (Å²) >= 11 is 0. The zero-order valence-corrected chi connectivity index (χ0v) is 16.5. The molecule has 1 aliphatic heterocycles. The van der Waals surface area contributed by atoms with Crippen molar-refractivity contribution in [3.05, 3.63) is 12.2 Å². The van der Waals surface area contributed by atoms with Crippen molar-refractivity contribution in [1.29, 1.82) is 0 Å². The van der Waals surface area contributed by atoms with Crippen molar-refractivity contribution >= 4 is 17.8 Å². The van der Waals surface area contributed by atoms with Crippen LogP contribution in [0.4, 0.5) is 0 Å². The van der Waals surface area contributed by atoms with Gasteiger partial charge >= 0.3 is 5.97 Å². The summed E-state index contributed by atoms with van der Waals surface area (Å²) in [7, 11) is 0. The molecule has 148 valence electrons. The van der Waals surface area contributed by atoms with Crippen molar-refractivity contribution in [1.82, 2.24) is 4.90 Å². The molecule has 0 saturated carbocycles. The van der Waals surface area contributed by atoms with Gasteiger partial charge < -0.3 is 4.74 Å². The predicted octanol–water partition coefficient (Wildman–Crippen LogP) is 4.54. The second kappa shape index (κ2) is 13.5. The Kier molecular flexibility index (Phi) is 11.7. The van der Waals surface area contributed by atoms with Crippen LogP contribution in [0.2, 0.25) is 0 Å². The number of unbranched alkanes of at least 4 members (excludes halogenated alkanes) is 9. The fourth-order valence-electron chi connectivity index (χ4n) is 3.16. The lowest BCUT2D eigenvalue weighted by Crippen LogP contribution is -2.45. The summed E-state index contributed by atoms with van der Waals surface area (Å²) in [6, 6.07) is -0.785. The summed E-state index contributed by atoms with van der Waals surface area (Å²) < 4.78 is 5.36. The van der Waals surface area contributed by atoms with Crippen LogP contribution >= 0.6 is 0 Å². The molecule has 26 heavy (non-hydrogen) atoms. The molecule has 0 N–H and O–H groups in total. The summed E-state index contributed by atoms with van der Waals surface area (Å²) in [5, 5.41) is 0. The van der Waals surface area contributed by atoms with Crippen LogP contribution in [0.15, 0.2) is 12.2 Å². The normalized spacial score (nSPS) is 14.9. The van der Waals surface area contributed by atoms with Gasteiger partial charge in [-0.05, 0) is 12.8 Å². The lowest BCUT2D eigenvalue weighted by molar-refractivity contribution is -0.158. The van der Waals surface area contributed by atoms with Gasteiger partial charge in [0.25, 0.3) is 11.8 Å². The van der Waals surface area contributed by atoms with Crippen molar-refractivity contribution < 1.29 is 19.1 Å². The zero-order chi connectivity index (χ0) is 19.2. The lowest BCUT2D eigenvalue weighted by atomic mass is 10.0. The number of nitrogens with zero attached hydrogens (tertiary/aromatic N) is 1. The van der Waals surface area contributed by atoms with Crippen LogP contribution in [0.3, 0.4) is 0 Å². The summed E-state index contributed by atoms with van der Waals surface area (Å²) in [5.41, 5.74) is 0. The summed E-state index contributed by atoms with van der Waals surface area (Å²) in [5.74, 6) is -1.27. The van der Waals surface area contributed by atoms with Gasteiger partial charge in [0.1, 0.15) is 6.04 Å². The maximum Gasteiger partial charge on any atom is 0.329 e. The average Bonchev–Trinajstić information content (AvgIpc) is 2.96. The molecule has 1 unspecified atom stereocenters. The summed E-state index contributed by atoms with van der Waals surface area (Å²) in [6.07, 6.45) is 14.9. The van der Waals surface area contributed by atoms with Crippen molar-refractivity contribution in [3.63, 3.8) is 0 Å². The van der Waals surface area contributed by atoms with E-state index in [4.69, 9.17) is 4.74 Å². The second-order valence-corrected chi connectivity index (χ2v) is 7.03. The first-order valence-electron chi connectivity index (χ1n) is 10.3. The van der Waals surface area contributed by atoms with Crippen LogP contribution < -0.4 is 0 Å². The van der Waals surface area contributed by atoms with Crippen LogP contribution in [-0.4, -0.2) is 35.3 Å². The van der Waals surface area contributed by atoms with Gasteiger partial charge in [-0.15, -0.1) is 0 Å². The summed E-state index contributed by atoms with van der Waals surface area (Å²) in [6.45, 7) is 4.68. The molecule has 0 spiro atoms. The molecule has 0 aromatic heterocycles. The summed E-state index contributed by atoms with van der Waals surface area (Å²) in [4.78, 5) is 37.5. The highest BCUT2D eigenvalue weighted by Crippen LogP contribution is 2.18. The smallest absolute Gasteiger partial charge is 0.329 e. The van der Waals surface area contributed by atoms with Crippen molar-refractivity contribution in [2.45, 2.75) is 96.9 Å². The minimum Gasteiger partial charge on any atom is -0.464 e. The van der Waals surface area contributed by atoms with Gasteiger partial charge in [0.05, 0.1) is 6.61 Å². The van der Waals surface area contributed by atoms with Gasteiger partial charge in [-0.2, -0.15) is 0 Å². The Morgan fingerprint density at radius 3 is 1.92 bits per heavy atom. The van der Waals surface area contributed by atoms with Crippen molar-refractivity contribution in [2.24, 2.45) is 0 Å². The van der Waals surface area contributed by atoms with E-state index in [1.54, 1.807) is 0 Å². The highest BCUT2D eigenvalue weighted by molar-refractivity contribution is 6.14. The van der Waals surface area contributed by atoms with E-state index >= 15 is 0 Å². The van der Waals surface area contributed by atoms with Gasteiger partial charge in [-0.3, -0.25) is 14.5 Å². The third-order valence-corrected chi connectivity index (χ3v) is 4.75. The van der Waals surface area contributed by atoms with E-state index in [-0.39, 0.29) is 0 Å². The first-order valence-corrected chi connectivity index (χ1v) is 10.3. The molecule has 0 fully saturated rings. The van der Waals surface area contributed by atoms with Gasteiger partial charge in [-0.1, -0.05) is 78.1 Å². The molecular formula is C21H35NO4. The Labute approximate surface area is 158 Å². The van der Waals surface area contributed by atoms with Gasteiger partial charge in [0.2, 0.25) is 0 Å². The first-order chi connectivity index (χ1) is 12.6. The van der Waals surface area contributed by atoms with E-state index in [9.17, 15) is 14.4 Å². The maximum atomic E-state index is 12.5. The number of ether oxygens (including phenoxy) is 1. The van der Waals surface area contributed by atoms with E-state index in [1.807, 2.05) is 0 Å². The average molecular weight is 366 g/mol. The van der Waals surface area contributed by atoms with Crippen molar-refractivity contribution in [3.8, 4) is 0 Å². The number of carbonyl (C=O) groups excluding carboxylic acids is 3. The zero-order valence-electron chi connectivity index (χ0n) is 16.5. The SMILES string of the molecule is CCCCCCCCCC(C(=O)OCCCCCC)N1C(=O)C=CC1=O. The van der Waals surface area contributed by atoms with Gasteiger partial charge in [0, 0.05) is 12.2 Å². The number of amides is 2. The number of imide groups is 1. The Hall–Kier alpha value is -1.65. The standard InChI is InChI=1S/C21H35NO4/c1-3-5-7-9-10-11-12-14-18(22-19(23)15-16-20(22)24)21(25)26-17-13-8-6-4-2/h15-16,18H,3-14,17H2,1-2H3. The number of esters is 1. The quantitative estimate of drug-likeness (QED) is 0.243. The fourth-order valence-corrected chi connectivity index (χ4v) is 3.16. The largest absolute Gasteiger partial charge is 0.464 e. The Bertz CT molecular complexity index is 455. The molecule has 0 aliphatic carbocycles. The molecule has 1 heterocycles. The van der Waals surface area contributed by atoms with Crippen LogP contribution in [0.1, 0.15) is 90.9 Å². The Morgan fingerprint density at radius 1 is 0.846 bits per heavy atom. The molecule has 1 rings (SSSR count). The number of hydrogen-bond donors (Lipinski definition) is 0. The predicted molar refractivity (Wildman–Crippen MR) is 102 cm³/mol. The number of carbonyl (C=O) groups is 3. The minimum atomic E-state index is -0.785. The molecule has 0 aromatic rings. The molecule has 1 aliphatic rings. The van der Waals surface area contributed by atoms with Crippen LogP contribution in [0, 0.1) is 0 Å². The van der Waals surface area contributed by atoms with E-state index < -0.39 is 23.8 Å². The molecular weight excluding hydrogens is 330 g/mol. The van der Waals surface area contributed by atoms with Crippen LogP contribution in [-0.2, 0) is 19.1 Å². The molecule has 2 amide bonds. The minimum absolute atomic E-state index is 0.357.